The Kier molecular flexibility index (Phi) is 3.80. The average Bonchev–Trinajstić information content (AvgIpc) is 3.17. The van der Waals surface area contributed by atoms with Gasteiger partial charge in [-0.3, -0.25) is 14.5 Å². The molecule has 1 aliphatic heterocycles. The van der Waals surface area contributed by atoms with Crippen LogP contribution >= 0.6 is 11.6 Å². The zero-order valence-electron chi connectivity index (χ0n) is 13.4. The second-order valence-corrected chi connectivity index (χ2v) is 6.37. The van der Waals surface area contributed by atoms with Crippen molar-refractivity contribution in [2.75, 3.05) is 16.8 Å². The SMILES string of the molecule is Cn1cc(N2CCC(Nc3ccc4c(Cl)ccnc4c3F)C2=O)cn1. The number of nitrogens with zero attached hydrogens (tertiary/aromatic N) is 4. The van der Waals surface area contributed by atoms with Crippen molar-refractivity contribution in [3.8, 4) is 0 Å². The number of carbonyl (C=O) groups is 1. The number of hydrogen-bond donors (Lipinski definition) is 1. The van der Waals surface area contributed by atoms with E-state index >= 15 is 0 Å². The Morgan fingerprint density at radius 1 is 1.36 bits per heavy atom. The Bertz CT molecular complexity index is 973. The summed E-state index contributed by atoms with van der Waals surface area (Å²) < 4.78 is 16.4. The predicted octanol–water partition coefficient (Wildman–Crippen LogP) is 2.98. The van der Waals surface area contributed by atoms with Crippen molar-refractivity contribution >= 4 is 39.8 Å². The van der Waals surface area contributed by atoms with Crippen LogP contribution in [0.2, 0.25) is 5.02 Å². The minimum Gasteiger partial charge on any atom is -0.371 e. The summed E-state index contributed by atoms with van der Waals surface area (Å²) in [5, 5.41) is 8.07. The third kappa shape index (κ3) is 2.70. The molecule has 0 radical (unpaired) electrons. The first kappa shape index (κ1) is 15.8. The smallest absolute Gasteiger partial charge is 0.249 e. The third-order valence-electron chi connectivity index (χ3n) is 4.34. The lowest BCUT2D eigenvalue weighted by Crippen LogP contribution is -2.33. The number of benzene rings is 1. The van der Waals surface area contributed by atoms with Crippen LogP contribution in [-0.2, 0) is 11.8 Å². The first-order valence-electron chi connectivity index (χ1n) is 7.84. The Hall–Kier alpha value is -2.67. The molecule has 1 saturated heterocycles. The fourth-order valence-corrected chi connectivity index (χ4v) is 3.28. The normalized spacial score (nSPS) is 17.5. The fraction of sp³-hybridized carbons (Fsp3) is 0.235. The number of rotatable bonds is 3. The zero-order chi connectivity index (χ0) is 17.6. The number of anilines is 2. The molecule has 0 bridgehead atoms. The van der Waals surface area contributed by atoms with Crippen LogP contribution in [0.15, 0.2) is 36.8 Å². The van der Waals surface area contributed by atoms with E-state index in [0.29, 0.717) is 23.4 Å². The maximum atomic E-state index is 14.7. The quantitative estimate of drug-likeness (QED) is 0.781. The molecule has 0 saturated carbocycles. The van der Waals surface area contributed by atoms with Crippen LogP contribution in [0, 0.1) is 5.82 Å². The first-order chi connectivity index (χ1) is 12.0. The molecule has 128 valence electrons. The third-order valence-corrected chi connectivity index (χ3v) is 4.67. The second-order valence-electron chi connectivity index (χ2n) is 5.96. The molecule has 1 aliphatic rings. The predicted molar refractivity (Wildman–Crippen MR) is 94.3 cm³/mol. The van der Waals surface area contributed by atoms with Crippen molar-refractivity contribution in [3.05, 3.63) is 47.6 Å². The van der Waals surface area contributed by atoms with Gasteiger partial charge in [0.05, 0.1) is 22.6 Å². The molecular weight excluding hydrogens is 345 g/mol. The number of amides is 1. The average molecular weight is 360 g/mol. The molecule has 1 fully saturated rings. The van der Waals surface area contributed by atoms with E-state index in [2.05, 4.69) is 15.4 Å². The Morgan fingerprint density at radius 3 is 2.96 bits per heavy atom. The molecule has 25 heavy (non-hydrogen) atoms. The van der Waals surface area contributed by atoms with Gasteiger partial charge in [-0.1, -0.05) is 11.6 Å². The van der Waals surface area contributed by atoms with Crippen molar-refractivity contribution < 1.29 is 9.18 Å². The van der Waals surface area contributed by atoms with E-state index in [-0.39, 0.29) is 17.1 Å². The molecule has 3 heterocycles. The molecule has 3 aromatic rings. The van der Waals surface area contributed by atoms with E-state index in [1.807, 2.05) is 0 Å². The van der Waals surface area contributed by atoms with Crippen molar-refractivity contribution in [3.63, 3.8) is 0 Å². The number of carbonyl (C=O) groups excluding carboxylic acids is 1. The van der Waals surface area contributed by atoms with Crippen LogP contribution in [0.25, 0.3) is 10.9 Å². The lowest BCUT2D eigenvalue weighted by Gasteiger charge is -2.16. The number of aryl methyl sites for hydroxylation is 1. The number of hydrogen-bond acceptors (Lipinski definition) is 4. The maximum Gasteiger partial charge on any atom is 0.249 e. The van der Waals surface area contributed by atoms with Crippen LogP contribution in [0.1, 0.15) is 6.42 Å². The summed E-state index contributed by atoms with van der Waals surface area (Å²) in [6, 6.07) is 4.41. The number of halogens is 2. The van der Waals surface area contributed by atoms with Gasteiger partial charge in [0.1, 0.15) is 11.6 Å². The maximum absolute atomic E-state index is 14.7. The van der Waals surface area contributed by atoms with Gasteiger partial charge in [-0.25, -0.2) is 4.39 Å². The molecule has 1 N–H and O–H groups in total. The lowest BCUT2D eigenvalue weighted by atomic mass is 10.1. The lowest BCUT2D eigenvalue weighted by molar-refractivity contribution is -0.117. The molecular formula is C17H15ClFN5O. The monoisotopic (exact) mass is 359 g/mol. The fourth-order valence-electron chi connectivity index (χ4n) is 3.07. The molecule has 1 aromatic carbocycles. The largest absolute Gasteiger partial charge is 0.371 e. The van der Waals surface area contributed by atoms with E-state index in [1.165, 1.54) is 6.20 Å². The van der Waals surface area contributed by atoms with Gasteiger partial charge >= 0.3 is 0 Å². The first-order valence-corrected chi connectivity index (χ1v) is 8.21. The summed E-state index contributed by atoms with van der Waals surface area (Å²) in [6.07, 6.45) is 5.46. The van der Waals surface area contributed by atoms with Crippen molar-refractivity contribution in [1.29, 1.82) is 0 Å². The van der Waals surface area contributed by atoms with Crippen molar-refractivity contribution in [2.24, 2.45) is 7.05 Å². The number of aromatic nitrogens is 3. The van der Waals surface area contributed by atoms with Gasteiger partial charge in [0, 0.05) is 31.4 Å². The van der Waals surface area contributed by atoms with E-state index in [4.69, 9.17) is 11.6 Å². The summed E-state index contributed by atoms with van der Waals surface area (Å²) in [6.45, 7) is 0.557. The topological polar surface area (TPSA) is 63.1 Å². The molecule has 0 aliphatic carbocycles. The van der Waals surface area contributed by atoms with Crippen LogP contribution < -0.4 is 10.2 Å². The summed E-state index contributed by atoms with van der Waals surface area (Å²) >= 11 is 6.07. The molecule has 0 spiro atoms. The summed E-state index contributed by atoms with van der Waals surface area (Å²) in [5.74, 6) is -0.612. The van der Waals surface area contributed by atoms with Crippen LogP contribution in [-0.4, -0.2) is 33.3 Å². The highest BCUT2D eigenvalue weighted by atomic mass is 35.5. The van der Waals surface area contributed by atoms with Crippen LogP contribution in [0.5, 0.6) is 0 Å². The molecule has 1 amide bonds. The van der Waals surface area contributed by atoms with E-state index < -0.39 is 11.9 Å². The van der Waals surface area contributed by atoms with Gasteiger partial charge in [0.15, 0.2) is 5.82 Å². The Labute approximate surface area is 148 Å². The minimum absolute atomic E-state index is 0.105. The Balaban J connectivity index is 1.60. The van der Waals surface area contributed by atoms with E-state index in [9.17, 15) is 9.18 Å². The molecule has 8 heteroatoms. The van der Waals surface area contributed by atoms with Crippen LogP contribution in [0.4, 0.5) is 15.8 Å². The number of fused-ring (bicyclic) bond motifs is 1. The van der Waals surface area contributed by atoms with Crippen molar-refractivity contribution in [2.45, 2.75) is 12.5 Å². The van der Waals surface area contributed by atoms with E-state index in [1.54, 1.807) is 47.2 Å². The van der Waals surface area contributed by atoms with Gasteiger partial charge in [-0.15, -0.1) is 0 Å². The van der Waals surface area contributed by atoms with Gasteiger partial charge < -0.3 is 10.2 Å². The van der Waals surface area contributed by atoms with Gasteiger partial charge in [0.2, 0.25) is 5.91 Å². The molecule has 1 atom stereocenters. The number of pyridine rings is 1. The molecule has 2 aromatic heterocycles. The van der Waals surface area contributed by atoms with Gasteiger partial charge in [-0.05, 0) is 24.6 Å². The molecule has 4 rings (SSSR count). The Morgan fingerprint density at radius 2 is 2.20 bits per heavy atom. The van der Waals surface area contributed by atoms with Crippen LogP contribution in [0.3, 0.4) is 0 Å². The standard InChI is InChI=1S/C17H15ClFN5O/c1-23-9-10(8-21-23)24-7-5-14(17(24)25)22-13-3-2-11-12(18)4-6-20-16(11)15(13)19/h2-4,6,8-9,14,22H,5,7H2,1H3. The van der Waals surface area contributed by atoms with Gasteiger partial charge in [-0.2, -0.15) is 5.10 Å². The highest BCUT2D eigenvalue weighted by Gasteiger charge is 2.33. The number of nitrogens with one attached hydrogen (secondary N) is 1. The highest BCUT2D eigenvalue weighted by molar-refractivity contribution is 6.35. The molecule has 6 nitrogen and oxygen atoms in total. The second kappa shape index (κ2) is 6.00. The molecule has 1 unspecified atom stereocenters. The van der Waals surface area contributed by atoms with E-state index in [0.717, 1.165) is 5.69 Å². The van der Waals surface area contributed by atoms with Crippen molar-refractivity contribution in [1.82, 2.24) is 14.8 Å². The zero-order valence-corrected chi connectivity index (χ0v) is 14.2. The summed E-state index contributed by atoms with van der Waals surface area (Å²) in [5.41, 5.74) is 1.17. The van der Waals surface area contributed by atoms with Gasteiger partial charge in [0.25, 0.3) is 0 Å². The highest BCUT2D eigenvalue weighted by Crippen LogP contribution is 2.30. The summed E-state index contributed by atoms with van der Waals surface area (Å²) in [4.78, 5) is 18.3. The minimum atomic E-state index is -0.507. The summed E-state index contributed by atoms with van der Waals surface area (Å²) in [7, 11) is 1.79.